The minimum atomic E-state index is -0.435. The molecule has 1 aliphatic rings. The van der Waals surface area contributed by atoms with Crippen LogP contribution in [-0.2, 0) is 4.74 Å². The van der Waals surface area contributed by atoms with Gasteiger partial charge in [0.25, 0.3) is 0 Å². The Bertz CT molecular complexity index is 197. The Morgan fingerprint density at radius 1 is 1.24 bits per heavy atom. The molecule has 2 heteroatoms. The van der Waals surface area contributed by atoms with Gasteiger partial charge in [0.05, 0.1) is 5.60 Å². The molecule has 1 heterocycles. The topological polar surface area (TPSA) is 29.5 Å². The molecule has 2 nitrogen and oxygen atoms in total. The van der Waals surface area contributed by atoms with Gasteiger partial charge in [-0.15, -0.1) is 0 Å². The zero-order chi connectivity index (χ0) is 12.7. The largest absolute Gasteiger partial charge is 0.390 e. The molecule has 0 radical (unpaired) electrons. The van der Waals surface area contributed by atoms with Crippen molar-refractivity contribution in [3.8, 4) is 0 Å². The van der Waals surface area contributed by atoms with Crippen LogP contribution in [0.4, 0.5) is 0 Å². The molecule has 0 aromatic heterocycles. The molecule has 1 saturated heterocycles. The fourth-order valence-electron chi connectivity index (χ4n) is 2.77. The zero-order valence-electron chi connectivity index (χ0n) is 11.9. The molecular weight excluding hydrogens is 212 g/mol. The van der Waals surface area contributed by atoms with E-state index in [9.17, 15) is 5.11 Å². The summed E-state index contributed by atoms with van der Waals surface area (Å²) in [5, 5.41) is 10.4. The summed E-state index contributed by atoms with van der Waals surface area (Å²) < 4.78 is 5.37. The zero-order valence-corrected chi connectivity index (χ0v) is 11.9. The van der Waals surface area contributed by atoms with Crippen molar-refractivity contribution >= 4 is 0 Å². The summed E-state index contributed by atoms with van der Waals surface area (Å²) in [6.45, 7) is 8.26. The summed E-state index contributed by atoms with van der Waals surface area (Å²) in [5.74, 6) is 1.24. The van der Waals surface area contributed by atoms with Crippen molar-refractivity contribution in [1.82, 2.24) is 0 Å². The Hall–Kier alpha value is -0.0800. The van der Waals surface area contributed by atoms with Crippen LogP contribution in [0.2, 0.25) is 0 Å². The molecule has 1 N–H and O–H groups in total. The molecule has 0 bridgehead atoms. The number of aliphatic hydroxyl groups is 1. The SMILES string of the molecule is CCC(O)(CCCCC1CCOCC1)C(C)C. The molecule has 0 amide bonds. The minimum absolute atomic E-state index is 0.371. The summed E-state index contributed by atoms with van der Waals surface area (Å²) in [4.78, 5) is 0. The third-order valence-electron chi connectivity index (χ3n) is 4.50. The van der Waals surface area contributed by atoms with Gasteiger partial charge in [0.1, 0.15) is 0 Å². The molecule has 102 valence electrons. The fraction of sp³-hybridized carbons (Fsp3) is 1.00. The summed E-state index contributed by atoms with van der Waals surface area (Å²) in [7, 11) is 0. The van der Waals surface area contributed by atoms with Crippen LogP contribution in [0.5, 0.6) is 0 Å². The van der Waals surface area contributed by atoms with Gasteiger partial charge < -0.3 is 9.84 Å². The monoisotopic (exact) mass is 242 g/mol. The van der Waals surface area contributed by atoms with Gasteiger partial charge >= 0.3 is 0 Å². The van der Waals surface area contributed by atoms with Crippen LogP contribution in [0.3, 0.4) is 0 Å². The quantitative estimate of drug-likeness (QED) is 0.689. The third-order valence-corrected chi connectivity index (χ3v) is 4.50. The number of hydrogen-bond donors (Lipinski definition) is 1. The van der Waals surface area contributed by atoms with Gasteiger partial charge in [-0.2, -0.15) is 0 Å². The average Bonchev–Trinajstić information content (AvgIpc) is 2.35. The van der Waals surface area contributed by atoms with Crippen molar-refractivity contribution in [2.24, 2.45) is 11.8 Å². The van der Waals surface area contributed by atoms with E-state index in [0.29, 0.717) is 5.92 Å². The summed E-state index contributed by atoms with van der Waals surface area (Å²) in [6.07, 6.45) is 8.07. The lowest BCUT2D eigenvalue weighted by Crippen LogP contribution is -2.34. The van der Waals surface area contributed by atoms with Crippen LogP contribution in [0, 0.1) is 11.8 Å². The maximum Gasteiger partial charge on any atom is 0.0668 e. The average molecular weight is 242 g/mol. The Kier molecular flexibility index (Phi) is 6.50. The van der Waals surface area contributed by atoms with Gasteiger partial charge in [0.2, 0.25) is 0 Å². The number of ether oxygens (including phenoxy) is 1. The van der Waals surface area contributed by atoms with Crippen LogP contribution < -0.4 is 0 Å². The van der Waals surface area contributed by atoms with Crippen molar-refractivity contribution in [1.29, 1.82) is 0 Å². The van der Waals surface area contributed by atoms with Crippen molar-refractivity contribution in [2.75, 3.05) is 13.2 Å². The van der Waals surface area contributed by atoms with Gasteiger partial charge in [0, 0.05) is 13.2 Å². The Morgan fingerprint density at radius 2 is 1.88 bits per heavy atom. The van der Waals surface area contributed by atoms with Gasteiger partial charge in [-0.3, -0.25) is 0 Å². The fourth-order valence-corrected chi connectivity index (χ4v) is 2.77. The van der Waals surface area contributed by atoms with E-state index in [0.717, 1.165) is 32.0 Å². The number of hydrogen-bond acceptors (Lipinski definition) is 2. The molecule has 0 aliphatic carbocycles. The summed E-state index contributed by atoms with van der Waals surface area (Å²) in [5.41, 5.74) is -0.435. The molecule has 0 aromatic rings. The first-order valence-electron chi connectivity index (χ1n) is 7.38. The van der Waals surface area contributed by atoms with E-state index in [4.69, 9.17) is 4.74 Å². The van der Waals surface area contributed by atoms with E-state index in [1.165, 1.54) is 32.1 Å². The molecule has 1 atom stereocenters. The lowest BCUT2D eigenvalue weighted by Gasteiger charge is -2.31. The van der Waals surface area contributed by atoms with Gasteiger partial charge in [-0.25, -0.2) is 0 Å². The number of rotatable bonds is 7. The predicted molar refractivity (Wildman–Crippen MR) is 72.1 cm³/mol. The second-order valence-corrected chi connectivity index (χ2v) is 5.91. The van der Waals surface area contributed by atoms with E-state index < -0.39 is 5.60 Å². The van der Waals surface area contributed by atoms with Crippen LogP contribution in [0.1, 0.15) is 65.7 Å². The van der Waals surface area contributed by atoms with Crippen molar-refractivity contribution < 1.29 is 9.84 Å². The summed E-state index contributed by atoms with van der Waals surface area (Å²) >= 11 is 0. The van der Waals surface area contributed by atoms with Crippen LogP contribution in [0.15, 0.2) is 0 Å². The number of unbranched alkanes of at least 4 members (excludes halogenated alkanes) is 1. The Morgan fingerprint density at radius 3 is 2.41 bits per heavy atom. The van der Waals surface area contributed by atoms with E-state index in [2.05, 4.69) is 20.8 Å². The Balaban J connectivity index is 2.13. The first kappa shape index (κ1) is 15.0. The first-order valence-corrected chi connectivity index (χ1v) is 7.38. The van der Waals surface area contributed by atoms with Crippen molar-refractivity contribution in [2.45, 2.75) is 71.3 Å². The summed E-state index contributed by atoms with van der Waals surface area (Å²) in [6, 6.07) is 0. The highest BCUT2D eigenvalue weighted by Crippen LogP contribution is 2.28. The van der Waals surface area contributed by atoms with E-state index in [1.54, 1.807) is 0 Å². The normalized spacial score (nSPS) is 21.7. The molecule has 0 saturated carbocycles. The second-order valence-electron chi connectivity index (χ2n) is 5.91. The third kappa shape index (κ3) is 4.97. The maximum absolute atomic E-state index is 10.4. The highest BCUT2D eigenvalue weighted by molar-refractivity contribution is 4.80. The predicted octanol–water partition coefficient (Wildman–Crippen LogP) is 3.77. The van der Waals surface area contributed by atoms with E-state index >= 15 is 0 Å². The van der Waals surface area contributed by atoms with Gasteiger partial charge in [0.15, 0.2) is 0 Å². The van der Waals surface area contributed by atoms with Crippen molar-refractivity contribution in [3.05, 3.63) is 0 Å². The van der Waals surface area contributed by atoms with E-state index in [1.807, 2.05) is 0 Å². The van der Waals surface area contributed by atoms with Gasteiger partial charge in [-0.1, -0.05) is 40.0 Å². The highest BCUT2D eigenvalue weighted by atomic mass is 16.5. The molecular formula is C15H30O2. The van der Waals surface area contributed by atoms with E-state index in [-0.39, 0.29) is 0 Å². The standard InChI is InChI=1S/C15H30O2/c1-4-15(16,13(2)3)10-6-5-7-14-8-11-17-12-9-14/h13-14,16H,4-12H2,1-3H3. The molecule has 0 aromatic carbocycles. The maximum atomic E-state index is 10.4. The smallest absolute Gasteiger partial charge is 0.0668 e. The van der Waals surface area contributed by atoms with Gasteiger partial charge in [-0.05, 0) is 37.5 Å². The molecule has 17 heavy (non-hydrogen) atoms. The van der Waals surface area contributed by atoms with Crippen molar-refractivity contribution in [3.63, 3.8) is 0 Å². The minimum Gasteiger partial charge on any atom is -0.390 e. The molecule has 1 fully saturated rings. The van der Waals surface area contributed by atoms with Crippen LogP contribution >= 0.6 is 0 Å². The highest BCUT2D eigenvalue weighted by Gasteiger charge is 2.28. The second kappa shape index (κ2) is 7.38. The lowest BCUT2D eigenvalue weighted by molar-refractivity contribution is -0.0192. The first-order chi connectivity index (χ1) is 8.08. The van der Waals surface area contributed by atoms with Crippen LogP contribution in [0.25, 0.3) is 0 Å². The lowest BCUT2D eigenvalue weighted by atomic mass is 9.82. The molecule has 1 unspecified atom stereocenters. The molecule has 1 rings (SSSR count). The Labute approximate surface area is 107 Å². The molecule has 0 spiro atoms. The van der Waals surface area contributed by atoms with Crippen LogP contribution in [-0.4, -0.2) is 23.9 Å². The molecule has 1 aliphatic heterocycles.